The number of rotatable bonds is 3. The Balaban J connectivity index is 2.62. The fourth-order valence-electron chi connectivity index (χ4n) is 1.04. The van der Waals surface area contributed by atoms with Gasteiger partial charge in [0.1, 0.15) is 0 Å². The Labute approximate surface area is 77.2 Å². The topological polar surface area (TPSA) is 0 Å². The van der Waals surface area contributed by atoms with Crippen molar-refractivity contribution in [3.63, 3.8) is 0 Å². The van der Waals surface area contributed by atoms with Gasteiger partial charge >= 0.3 is 0 Å². The summed E-state index contributed by atoms with van der Waals surface area (Å²) in [5.74, 6) is 0. The van der Waals surface area contributed by atoms with E-state index in [-0.39, 0.29) is 0 Å². The molecule has 0 nitrogen and oxygen atoms in total. The Morgan fingerprint density at radius 3 is 2.73 bits per heavy atom. The maximum absolute atomic E-state index is 5.99. The molecule has 0 aliphatic rings. The summed E-state index contributed by atoms with van der Waals surface area (Å²) in [4.78, 5) is 2.67. The van der Waals surface area contributed by atoms with E-state index < -0.39 is 0 Å². The molecule has 0 fully saturated rings. The van der Waals surface area contributed by atoms with E-state index in [1.54, 1.807) is 0 Å². The first kappa shape index (κ1) is 9.08. The monoisotopic (exact) mass is 188 g/mol. The molecule has 0 aromatic carbocycles. The van der Waals surface area contributed by atoms with Crippen molar-refractivity contribution < 1.29 is 0 Å². The Morgan fingerprint density at radius 1 is 1.55 bits per heavy atom. The lowest BCUT2D eigenvalue weighted by Crippen LogP contribution is -1.78. The molecule has 0 atom stereocenters. The maximum atomic E-state index is 5.99. The van der Waals surface area contributed by atoms with Crippen molar-refractivity contribution in [2.75, 3.05) is 0 Å². The van der Waals surface area contributed by atoms with Crippen molar-refractivity contribution in [1.29, 1.82) is 0 Å². The normalized spacial score (nSPS) is 10.5. The zero-order valence-corrected chi connectivity index (χ0v) is 8.56. The molecule has 0 radical (unpaired) electrons. The van der Waals surface area contributed by atoms with Crippen molar-refractivity contribution >= 4 is 22.9 Å². The van der Waals surface area contributed by atoms with E-state index >= 15 is 0 Å². The van der Waals surface area contributed by atoms with Gasteiger partial charge in [-0.15, -0.1) is 11.3 Å². The minimum atomic E-state index is 0.959. The molecule has 0 unspecified atom stereocenters. The maximum Gasteiger partial charge on any atom is 0.0547 e. The Hall–Kier alpha value is -0.0100. The van der Waals surface area contributed by atoms with Crippen molar-refractivity contribution in [3.05, 3.63) is 20.8 Å². The molecule has 1 rings (SSSR count). The highest BCUT2D eigenvalue weighted by Crippen LogP contribution is 2.27. The van der Waals surface area contributed by atoms with Gasteiger partial charge in [-0.2, -0.15) is 0 Å². The van der Waals surface area contributed by atoms with Crippen LogP contribution in [0.3, 0.4) is 0 Å². The molecule has 1 aromatic heterocycles. The van der Waals surface area contributed by atoms with Crippen molar-refractivity contribution in [2.24, 2.45) is 0 Å². The molecular formula is C9H13ClS. The lowest BCUT2D eigenvalue weighted by Gasteiger charge is -1.93. The molecule has 1 heterocycles. The molecule has 0 bridgehead atoms. The van der Waals surface area contributed by atoms with E-state index in [4.69, 9.17) is 11.6 Å². The highest BCUT2D eigenvalue weighted by atomic mass is 35.5. The highest BCUT2D eigenvalue weighted by molar-refractivity contribution is 7.12. The van der Waals surface area contributed by atoms with E-state index in [0.29, 0.717) is 0 Å². The average Bonchev–Trinajstić information content (AvgIpc) is 2.26. The van der Waals surface area contributed by atoms with E-state index in [1.807, 2.05) is 11.3 Å². The van der Waals surface area contributed by atoms with Gasteiger partial charge in [0.2, 0.25) is 0 Å². The van der Waals surface area contributed by atoms with Gasteiger partial charge in [-0.1, -0.05) is 24.9 Å². The highest BCUT2D eigenvalue weighted by Gasteiger charge is 2.02. The van der Waals surface area contributed by atoms with Crippen LogP contribution in [0.25, 0.3) is 0 Å². The second-order valence-electron chi connectivity index (χ2n) is 2.73. The van der Waals surface area contributed by atoms with Gasteiger partial charge in [0.15, 0.2) is 0 Å². The van der Waals surface area contributed by atoms with E-state index in [0.717, 1.165) is 11.4 Å². The van der Waals surface area contributed by atoms with Crippen molar-refractivity contribution in [3.8, 4) is 0 Å². The zero-order valence-electron chi connectivity index (χ0n) is 6.98. The summed E-state index contributed by atoms with van der Waals surface area (Å²) in [7, 11) is 0. The average molecular weight is 189 g/mol. The van der Waals surface area contributed by atoms with Crippen LogP contribution in [-0.4, -0.2) is 0 Å². The second-order valence-corrected chi connectivity index (χ2v) is 4.48. The molecule has 11 heavy (non-hydrogen) atoms. The molecule has 0 aliphatic heterocycles. The number of unbranched alkanes of at least 4 members (excludes halogenated alkanes) is 1. The Morgan fingerprint density at radius 2 is 2.27 bits per heavy atom. The number of hydrogen-bond donors (Lipinski definition) is 0. The van der Waals surface area contributed by atoms with Gasteiger partial charge in [-0.25, -0.2) is 0 Å². The number of hydrogen-bond acceptors (Lipinski definition) is 1. The molecule has 62 valence electrons. The summed E-state index contributed by atoms with van der Waals surface area (Å²) in [5.41, 5.74) is 0. The van der Waals surface area contributed by atoms with Gasteiger partial charge in [0.05, 0.1) is 5.02 Å². The summed E-state index contributed by atoms with van der Waals surface area (Å²) in [6.07, 6.45) is 3.64. The van der Waals surface area contributed by atoms with Crippen molar-refractivity contribution in [1.82, 2.24) is 0 Å². The molecule has 0 spiro atoms. The smallest absolute Gasteiger partial charge is 0.0547 e. The standard InChI is InChI=1S/C9H13ClS/c1-3-4-5-9-8(10)6-7(2)11-9/h6H,3-5H2,1-2H3. The number of thiophene rings is 1. The third-order valence-electron chi connectivity index (χ3n) is 1.64. The predicted octanol–water partition coefficient (Wildman–Crippen LogP) is 4.05. The molecule has 0 amide bonds. The minimum Gasteiger partial charge on any atom is -0.144 e. The summed E-state index contributed by atoms with van der Waals surface area (Å²) in [6, 6.07) is 2.05. The molecule has 2 heteroatoms. The molecule has 1 aromatic rings. The molecule has 0 aliphatic carbocycles. The van der Waals surface area contributed by atoms with Gasteiger partial charge in [-0.05, 0) is 25.8 Å². The van der Waals surface area contributed by atoms with Crippen molar-refractivity contribution in [2.45, 2.75) is 33.1 Å². The molecule has 0 N–H and O–H groups in total. The second kappa shape index (κ2) is 4.13. The first-order chi connectivity index (χ1) is 5.24. The lowest BCUT2D eigenvalue weighted by molar-refractivity contribution is 0.804. The van der Waals surface area contributed by atoms with E-state index in [9.17, 15) is 0 Å². The SMILES string of the molecule is CCCCc1sc(C)cc1Cl. The summed E-state index contributed by atoms with van der Waals surface area (Å²) < 4.78 is 0. The third kappa shape index (κ3) is 2.49. The van der Waals surface area contributed by atoms with Crippen LogP contribution in [0.4, 0.5) is 0 Å². The summed E-state index contributed by atoms with van der Waals surface area (Å²) in [6.45, 7) is 4.31. The fraction of sp³-hybridized carbons (Fsp3) is 0.556. The molecule has 0 saturated heterocycles. The molecular weight excluding hydrogens is 176 g/mol. The zero-order chi connectivity index (χ0) is 8.27. The lowest BCUT2D eigenvalue weighted by atomic mass is 10.2. The van der Waals surface area contributed by atoms with Crippen LogP contribution < -0.4 is 0 Å². The quantitative estimate of drug-likeness (QED) is 0.672. The molecule has 0 saturated carbocycles. The summed E-state index contributed by atoms with van der Waals surface area (Å²) in [5, 5.41) is 0.959. The van der Waals surface area contributed by atoms with Crippen LogP contribution in [-0.2, 0) is 6.42 Å². The van der Waals surface area contributed by atoms with Crippen LogP contribution in [0.2, 0.25) is 5.02 Å². The Bertz CT molecular complexity index is 227. The van der Waals surface area contributed by atoms with Crippen LogP contribution >= 0.6 is 22.9 Å². The van der Waals surface area contributed by atoms with E-state index in [2.05, 4.69) is 19.9 Å². The largest absolute Gasteiger partial charge is 0.144 e. The van der Waals surface area contributed by atoms with Gasteiger partial charge in [0.25, 0.3) is 0 Å². The number of halogens is 1. The summed E-state index contributed by atoms with van der Waals surface area (Å²) >= 11 is 7.81. The van der Waals surface area contributed by atoms with Crippen LogP contribution in [0.15, 0.2) is 6.07 Å². The number of aryl methyl sites for hydroxylation is 2. The first-order valence-electron chi connectivity index (χ1n) is 3.99. The Kier molecular flexibility index (Phi) is 3.41. The van der Waals surface area contributed by atoms with E-state index in [1.165, 1.54) is 22.6 Å². The van der Waals surface area contributed by atoms with Crippen LogP contribution in [0.1, 0.15) is 29.5 Å². The van der Waals surface area contributed by atoms with Gasteiger partial charge in [-0.3, -0.25) is 0 Å². The van der Waals surface area contributed by atoms with Crippen LogP contribution in [0.5, 0.6) is 0 Å². The third-order valence-corrected chi connectivity index (χ3v) is 3.20. The minimum absolute atomic E-state index is 0.959. The predicted molar refractivity (Wildman–Crippen MR) is 52.7 cm³/mol. The van der Waals surface area contributed by atoms with Gasteiger partial charge in [0, 0.05) is 9.75 Å². The van der Waals surface area contributed by atoms with Gasteiger partial charge < -0.3 is 0 Å². The fourth-order valence-corrected chi connectivity index (χ4v) is 2.45. The van der Waals surface area contributed by atoms with Crippen LogP contribution in [0, 0.1) is 6.92 Å². The first-order valence-corrected chi connectivity index (χ1v) is 5.18.